The first-order valence-electron chi connectivity index (χ1n) is 7.51. The van der Waals surface area contributed by atoms with E-state index in [1.807, 2.05) is 0 Å². The molecule has 1 heterocycles. The number of halogens is 3. The minimum atomic E-state index is -4.10. The van der Waals surface area contributed by atoms with Crippen LogP contribution in [0.4, 0.5) is 13.2 Å². The average molecular weight is 310 g/mol. The topological polar surface area (TPSA) is 15.3 Å². The highest BCUT2D eigenvalue weighted by molar-refractivity contribution is 8.00. The third kappa shape index (κ3) is 4.04. The van der Waals surface area contributed by atoms with Crippen molar-refractivity contribution in [3.8, 4) is 0 Å². The van der Waals surface area contributed by atoms with Crippen molar-refractivity contribution in [2.75, 3.05) is 25.4 Å². The zero-order valence-corrected chi connectivity index (χ0v) is 13.1. The van der Waals surface area contributed by atoms with Crippen LogP contribution in [0.5, 0.6) is 0 Å². The molecule has 118 valence electrons. The third-order valence-electron chi connectivity index (χ3n) is 4.75. The molecule has 0 aromatic heterocycles. The lowest BCUT2D eigenvalue weighted by atomic mass is 9.88. The Bertz CT molecular complexity index is 314. The summed E-state index contributed by atoms with van der Waals surface area (Å²) in [7, 11) is 0. The lowest BCUT2D eigenvalue weighted by Crippen LogP contribution is -2.65. The van der Waals surface area contributed by atoms with Crippen LogP contribution in [-0.4, -0.2) is 47.4 Å². The van der Waals surface area contributed by atoms with Crippen LogP contribution in [0.3, 0.4) is 0 Å². The molecule has 0 radical (unpaired) electrons. The summed E-state index contributed by atoms with van der Waals surface area (Å²) in [5, 5.41) is 3.62. The summed E-state index contributed by atoms with van der Waals surface area (Å²) in [6.45, 7) is 6.72. The van der Waals surface area contributed by atoms with Gasteiger partial charge in [-0.3, -0.25) is 4.90 Å². The number of nitrogens with one attached hydrogen (secondary N) is 1. The van der Waals surface area contributed by atoms with Crippen molar-refractivity contribution in [2.24, 2.45) is 5.92 Å². The van der Waals surface area contributed by atoms with Crippen molar-refractivity contribution in [1.82, 2.24) is 10.2 Å². The van der Waals surface area contributed by atoms with E-state index in [0.29, 0.717) is 18.5 Å². The van der Waals surface area contributed by atoms with Crippen LogP contribution >= 0.6 is 11.8 Å². The van der Waals surface area contributed by atoms with Crippen LogP contribution in [0.15, 0.2) is 0 Å². The normalized spacial score (nSPS) is 27.6. The van der Waals surface area contributed by atoms with Crippen LogP contribution in [0.25, 0.3) is 0 Å². The first kappa shape index (κ1) is 16.4. The molecular formula is C14H25F3N2S. The van der Waals surface area contributed by atoms with Crippen LogP contribution in [0.1, 0.15) is 39.5 Å². The first-order chi connectivity index (χ1) is 9.32. The molecule has 1 aliphatic carbocycles. The number of hydrogen-bond acceptors (Lipinski definition) is 3. The number of piperazine rings is 1. The summed E-state index contributed by atoms with van der Waals surface area (Å²) >= 11 is 0.117. The van der Waals surface area contributed by atoms with Crippen molar-refractivity contribution in [3.05, 3.63) is 0 Å². The van der Waals surface area contributed by atoms with Gasteiger partial charge in [0.15, 0.2) is 0 Å². The molecular weight excluding hydrogens is 285 g/mol. The second-order valence-corrected chi connectivity index (χ2v) is 7.56. The molecule has 1 saturated carbocycles. The number of thioether (sulfide) groups is 1. The number of nitrogens with zero attached hydrogens (tertiary/aromatic N) is 1. The molecule has 2 aliphatic rings. The van der Waals surface area contributed by atoms with Gasteiger partial charge in [0.05, 0.1) is 0 Å². The number of hydrogen-bond donors (Lipinski definition) is 1. The lowest BCUT2D eigenvalue weighted by Gasteiger charge is -2.49. The Kier molecular flexibility index (Phi) is 5.29. The van der Waals surface area contributed by atoms with Gasteiger partial charge in [0, 0.05) is 37.0 Å². The maximum Gasteiger partial charge on any atom is 0.441 e. The molecule has 1 spiro atoms. The minimum Gasteiger partial charge on any atom is -0.311 e. The van der Waals surface area contributed by atoms with E-state index in [2.05, 4.69) is 24.1 Å². The Morgan fingerprint density at radius 1 is 1.30 bits per heavy atom. The minimum absolute atomic E-state index is 0.117. The zero-order chi connectivity index (χ0) is 14.8. The molecule has 2 fully saturated rings. The van der Waals surface area contributed by atoms with Crippen LogP contribution < -0.4 is 5.32 Å². The van der Waals surface area contributed by atoms with Crippen LogP contribution in [0, 0.1) is 5.92 Å². The van der Waals surface area contributed by atoms with Crippen LogP contribution in [-0.2, 0) is 0 Å². The Morgan fingerprint density at radius 2 is 1.95 bits per heavy atom. The largest absolute Gasteiger partial charge is 0.441 e. The van der Waals surface area contributed by atoms with Gasteiger partial charge in [-0.05, 0) is 30.5 Å². The van der Waals surface area contributed by atoms with Crippen molar-refractivity contribution < 1.29 is 13.2 Å². The van der Waals surface area contributed by atoms with Crippen LogP contribution in [0.2, 0.25) is 0 Å². The SMILES string of the molecule is CC(C)C1CN(CCSC(F)(F)F)C2(CCCC2)CN1. The predicted molar refractivity (Wildman–Crippen MR) is 77.9 cm³/mol. The average Bonchev–Trinajstić information content (AvgIpc) is 2.79. The summed E-state index contributed by atoms with van der Waals surface area (Å²) in [5.41, 5.74) is -3.98. The van der Waals surface area contributed by atoms with Gasteiger partial charge < -0.3 is 5.32 Å². The predicted octanol–water partition coefficient (Wildman–Crippen LogP) is 3.48. The quantitative estimate of drug-likeness (QED) is 0.856. The van der Waals surface area contributed by atoms with Gasteiger partial charge in [-0.1, -0.05) is 26.7 Å². The number of rotatable bonds is 4. The van der Waals surface area contributed by atoms with Gasteiger partial charge in [0.1, 0.15) is 0 Å². The summed E-state index contributed by atoms with van der Waals surface area (Å²) in [6.07, 6.45) is 4.66. The second kappa shape index (κ2) is 6.44. The van der Waals surface area contributed by atoms with E-state index in [0.717, 1.165) is 25.9 Å². The van der Waals surface area contributed by atoms with Crippen molar-refractivity contribution in [3.63, 3.8) is 0 Å². The van der Waals surface area contributed by atoms with Gasteiger partial charge in [-0.25, -0.2) is 0 Å². The Balaban J connectivity index is 1.95. The molecule has 1 aliphatic heterocycles. The summed E-state index contributed by atoms with van der Waals surface area (Å²) in [4.78, 5) is 2.35. The molecule has 1 atom stereocenters. The third-order valence-corrected chi connectivity index (χ3v) is 5.46. The Hall–Kier alpha value is 0.0600. The van der Waals surface area contributed by atoms with Crippen molar-refractivity contribution in [1.29, 1.82) is 0 Å². The highest BCUT2D eigenvalue weighted by atomic mass is 32.2. The van der Waals surface area contributed by atoms with Gasteiger partial charge >= 0.3 is 5.51 Å². The van der Waals surface area contributed by atoms with Gasteiger partial charge in [0.2, 0.25) is 0 Å². The molecule has 2 nitrogen and oxygen atoms in total. The molecule has 1 saturated heterocycles. The van der Waals surface area contributed by atoms with Gasteiger partial charge in [0.25, 0.3) is 0 Å². The molecule has 1 unspecified atom stereocenters. The maximum absolute atomic E-state index is 12.3. The molecule has 0 amide bonds. The molecule has 1 N–H and O–H groups in total. The lowest BCUT2D eigenvalue weighted by molar-refractivity contribution is -0.0332. The standard InChI is InChI=1S/C14H25F3N2S/c1-11(2)12-9-19(7-8-20-14(15,16)17)13(10-18-12)5-3-4-6-13/h11-12,18H,3-10H2,1-2H3. The highest BCUT2D eigenvalue weighted by Gasteiger charge is 2.43. The molecule has 6 heteroatoms. The van der Waals surface area contributed by atoms with Gasteiger partial charge in [-0.15, -0.1) is 0 Å². The van der Waals surface area contributed by atoms with E-state index in [9.17, 15) is 13.2 Å². The van der Waals surface area contributed by atoms with Gasteiger partial charge in [-0.2, -0.15) is 13.2 Å². The summed E-state index contributed by atoms with van der Waals surface area (Å²) in [6, 6.07) is 0.400. The van der Waals surface area contributed by atoms with E-state index in [-0.39, 0.29) is 23.1 Å². The summed E-state index contributed by atoms with van der Waals surface area (Å²) < 4.78 is 36.9. The summed E-state index contributed by atoms with van der Waals surface area (Å²) in [5.74, 6) is 0.669. The Morgan fingerprint density at radius 3 is 2.50 bits per heavy atom. The van der Waals surface area contributed by atoms with Crippen molar-refractivity contribution in [2.45, 2.75) is 56.6 Å². The van der Waals surface area contributed by atoms with Crippen molar-refractivity contribution >= 4 is 11.8 Å². The maximum atomic E-state index is 12.3. The first-order valence-corrected chi connectivity index (χ1v) is 8.50. The fraction of sp³-hybridized carbons (Fsp3) is 1.00. The highest BCUT2D eigenvalue weighted by Crippen LogP contribution is 2.38. The zero-order valence-electron chi connectivity index (χ0n) is 12.3. The van der Waals surface area contributed by atoms with E-state index < -0.39 is 5.51 Å². The second-order valence-electron chi connectivity index (χ2n) is 6.40. The molecule has 2 rings (SSSR count). The molecule has 0 aromatic rings. The molecule has 20 heavy (non-hydrogen) atoms. The van der Waals surface area contributed by atoms with E-state index in [1.165, 1.54) is 12.8 Å². The fourth-order valence-corrected chi connectivity index (χ4v) is 4.04. The monoisotopic (exact) mass is 310 g/mol. The van der Waals surface area contributed by atoms with E-state index in [4.69, 9.17) is 0 Å². The smallest absolute Gasteiger partial charge is 0.311 e. The molecule has 0 aromatic carbocycles. The fourth-order valence-electron chi connectivity index (χ4n) is 3.50. The van der Waals surface area contributed by atoms with E-state index >= 15 is 0 Å². The Labute approximate surface area is 123 Å². The van der Waals surface area contributed by atoms with E-state index in [1.54, 1.807) is 0 Å². The molecule has 0 bridgehead atoms. The number of alkyl halides is 3.